The number of halogens is 3. The number of nitrogens with zero attached hydrogens (tertiary/aromatic N) is 2. The van der Waals surface area contributed by atoms with Crippen LogP contribution in [0.1, 0.15) is 12.8 Å². The number of nitrogens with one attached hydrogen (secondary N) is 1. The SMILES string of the molecule is CN(C)c1ccc(NC(=O)C2CCN(S(=O)(=O)c3ccc(F)c(Cl)c3)CC2)cc1Cl. The van der Waals surface area contributed by atoms with Gasteiger partial charge in [0.15, 0.2) is 0 Å². The maximum Gasteiger partial charge on any atom is 0.243 e. The lowest BCUT2D eigenvalue weighted by molar-refractivity contribution is -0.120. The molecule has 1 aliphatic heterocycles. The van der Waals surface area contributed by atoms with Crippen LogP contribution in [-0.2, 0) is 14.8 Å². The highest BCUT2D eigenvalue weighted by Gasteiger charge is 2.32. The van der Waals surface area contributed by atoms with E-state index in [1.165, 1.54) is 10.4 Å². The van der Waals surface area contributed by atoms with E-state index in [0.29, 0.717) is 23.6 Å². The summed E-state index contributed by atoms with van der Waals surface area (Å²) in [6.45, 7) is 0.380. The van der Waals surface area contributed by atoms with Gasteiger partial charge in [-0.15, -0.1) is 0 Å². The van der Waals surface area contributed by atoms with Gasteiger partial charge in [0.2, 0.25) is 15.9 Å². The number of carbonyl (C=O) groups is 1. The molecule has 0 spiro atoms. The molecule has 10 heteroatoms. The first kappa shape index (κ1) is 22.8. The zero-order chi connectivity index (χ0) is 22.1. The molecule has 30 heavy (non-hydrogen) atoms. The van der Waals surface area contributed by atoms with Crippen molar-refractivity contribution in [3.05, 3.63) is 52.3 Å². The fourth-order valence-corrected chi connectivity index (χ4v) is 5.43. The standard InChI is InChI=1S/C20H22Cl2FN3O3S/c1-25(2)19-6-3-14(11-17(19)22)24-20(27)13-7-9-26(10-8-13)30(28,29)15-4-5-18(23)16(21)12-15/h3-6,11-13H,7-10H2,1-2H3,(H,24,27). The molecule has 0 atom stereocenters. The highest BCUT2D eigenvalue weighted by atomic mass is 35.5. The predicted molar refractivity (Wildman–Crippen MR) is 117 cm³/mol. The fraction of sp³-hybridized carbons (Fsp3) is 0.350. The first-order valence-corrected chi connectivity index (χ1v) is 11.5. The Labute approximate surface area is 185 Å². The number of benzene rings is 2. The molecule has 0 aromatic heterocycles. The minimum absolute atomic E-state index is 0.0626. The zero-order valence-corrected chi connectivity index (χ0v) is 18.9. The molecule has 0 unspecified atom stereocenters. The van der Waals surface area contributed by atoms with Crippen LogP contribution in [0.25, 0.3) is 0 Å². The molecule has 1 amide bonds. The number of hydrogen-bond acceptors (Lipinski definition) is 4. The summed E-state index contributed by atoms with van der Waals surface area (Å²) < 4.78 is 40.2. The molecule has 1 aliphatic rings. The van der Waals surface area contributed by atoms with Gasteiger partial charge in [-0.05, 0) is 49.2 Å². The zero-order valence-electron chi connectivity index (χ0n) is 16.5. The van der Waals surface area contributed by atoms with E-state index in [2.05, 4.69) is 5.32 Å². The average Bonchev–Trinajstić information content (AvgIpc) is 2.69. The molecule has 1 saturated heterocycles. The van der Waals surface area contributed by atoms with E-state index in [4.69, 9.17) is 23.2 Å². The number of hydrogen-bond donors (Lipinski definition) is 1. The highest BCUT2D eigenvalue weighted by molar-refractivity contribution is 7.89. The van der Waals surface area contributed by atoms with Gasteiger partial charge in [-0.2, -0.15) is 4.31 Å². The van der Waals surface area contributed by atoms with Crippen molar-refractivity contribution in [2.75, 3.05) is 37.4 Å². The number of carbonyl (C=O) groups excluding carboxylic acids is 1. The van der Waals surface area contributed by atoms with Gasteiger partial charge in [-0.25, -0.2) is 12.8 Å². The Balaban J connectivity index is 1.63. The van der Waals surface area contributed by atoms with Crippen LogP contribution in [0, 0.1) is 11.7 Å². The largest absolute Gasteiger partial charge is 0.376 e. The van der Waals surface area contributed by atoms with Crippen molar-refractivity contribution in [1.29, 1.82) is 0 Å². The van der Waals surface area contributed by atoms with Crippen molar-refractivity contribution in [3.8, 4) is 0 Å². The monoisotopic (exact) mass is 473 g/mol. The van der Waals surface area contributed by atoms with E-state index in [0.717, 1.165) is 17.8 Å². The third kappa shape index (κ3) is 4.88. The van der Waals surface area contributed by atoms with Gasteiger partial charge in [-0.3, -0.25) is 4.79 Å². The molecule has 0 radical (unpaired) electrons. The predicted octanol–water partition coefficient (Wildman–Crippen LogP) is 4.24. The van der Waals surface area contributed by atoms with Crippen molar-refractivity contribution in [3.63, 3.8) is 0 Å². The molecule has 0 aliphatic carbocycles. The maximum atomic E-state index is 13.3. The van der Waals surface area contributed by atoms with Gasteiger partial charge in [-0.1, -0.05) is 23.2 Å². The van der Waals surface area contributed by atoms with Gasteiger partial charge >= 0.3 is 0 Å². The second-order valence-corrected chi connectivity index (χ2v) is 10.1. The quantitative estimate of drug-likeness (QED) is 0.704. The van der Waals surface area contributed by atoms with Crippen molar-refractivity contribution in [2.24, 2.45) is 5.92 Å². The number of rotatable bonds is 5. The van der Waals surface area contributed by atoms with E-state index in [9.17, 15) is 17.6 Å². The molecule has 0 saturated carbocycles. The fourth-order valence-electron chi connectivity index (χ4n) is 3.34. The van der Waals surface area contributed by atoms with Crippen LogP contribution in [0.3, 0.4) is 0 Å². The lowest BCUT2D eigenvalue weighted by Gasteiger charge is -2.30. The van der Waals surface area contributed by atoms with Crippen molar-refractivity contribution >= 4 is 50.5 Å². The minimum atomic E-state index is -3.80. The Kier molecular flexibility index (Phi) is 6.91. The molecular formula is C20H22Cl2FN3O3S. The van der Waals surface area contributed by atoms with Crippen molar-refractivity contribution < 1.29 is 17.6 Å². The highest BCUT2D eigenvalue weighted by Crippen LogP contribution is 2.29. The number of sulfonamides is 1. The van der Waals surface area contributed by atoms with E-state index >= 15 is 0 Å². The Morgan fingerprint density at radius 1 is 1.10 bits per heavy atom. The van der Waals surface area contributed by atoms with E-state index in [1.54, 1.807) is 12.1 Å². The molecule has 1 fully saturated rings. The van der Waals surface area contributed by atoms with Crippen molar-refractivity contribution in [1.82, 2.24) is 4.31 Å². The lowest BCUT2D eigenvalue weighted by Crippen LogP contribution is -2.41. The molecule has 6 nitrogen and oxygen atoms in total. The van der Waals surface area contributed by atoms with Crippen LogP contribution < -0.4 is 10.2 Å². The first-order chi connectivity index (χ1) is 14.1. The number of amides is 1. The molecule has 2 aromatic rings. The van der Waals surface area contributed by atoms with Gasteiger partial charge < -0.3 is 10.2 Å². The summed E-state index contributed by atoms with van der Waals surface area (Å²) in [7, 11) is -0.0471. The topological polar surface area (TPSA) is 69.7 Å². The summed E-state index contributed by atoms with van der Waals surface area (Å²) in [5.41, 5.74) is 1.43. The second kappa shape index (κ2) is 9.09. The third-order valence-electron chi connectivity index (χ3n) is 5.05. The molecule has 1 heterocycles. The lowest BCUT2D eigenvalue weighted by atomic mass is 9.97. The molecule has 162 valence electrons. The van der Waals surface area contributed by atoms with Crippen LogP contribution in [-0.4, -0.2) is 45.8 Å². The van der Waals surface area contributed by atoms with E-state index in [-0.39, 0.29) is 34.8 Å². The summed E-state index contributed by atoms with van der Waals surface area (Å²) in [5, 5.41) is 3.13. The normalized spacial score (nSPS) is 15.8. The summed E-state index contributed by atoms with van der Waals surface area (Å²) >= 11 is 12.0. The van der Waals surface area contributed by atoms with Gasteiger partial charge in [0, 0.05) is 38.8 Å². The number of anilines is 2. The summed E-state index contributed by atoms with van der Waals surface area (Å²) in [5.74, 6) is -1.17. The summed E-state index contributed by atoms with van der Waals surface area (Å²) in [4.78, 5) is 14.4. The Bertz CT molecular complexity index is 1060. The smallest absolute Gasteiger partial charge is 0.243 e. The van der Waals surface area contributed by atoms with Gasteiger partial charge in [0.25, 0.3) is 0 Å². The Hall–Kier alpha value is -1.87. The summed E-state index contributed by atoms with van der Waals surface area (Å²) in [6.07, 6.45) is 0.757. The first-order valence-electron chi connectivity index (χ1n) is 9.32. The average molecular weight is 474 g/mol. The second-order valence-electron chi connectivity index (χ2n) is 7.30. The van der Waals surface area contributed by atoms with E-state index in [1.807, 2.05) is 25.1 Å². The van der Waals surface area contributed by atoms with Crippen LogP contribution in [0.2, 0.25) is 10.0 Å². The molecule has 0 bridgehead atoms. The molecular weight excluding hydrogens is 452 g/mol. The summed E-state index contributed by atoms with van der Waals surface area (Å²) in [6, 6.07) is 8.61. The molecule has 1 N–H and O–H groups in total. The minimum Gasteiger partial charge on any atom is -0.376 e. The Morgan fingerprint density at radius 2 is 1.77 bits per heavy atom. The third-order valence-corrected chi connectivity index (χ3v) is 7.54. The molecule has 3 rings (SSSR count). The Morgan fingerprint density at radius 3 is 2.33 bits per heavy atom. The van der Waals surface area contributed by atoms with Crippen LogP contribution in [0.15, 0.2) is 41.3 Å². The van der Waals surface area contributed by atoms with Gasteiger partial charge in [0.1, 0.15) is 5.82 Å². The van der Waals surface area contributed by atoms with Gasteiger partial charge in [0.05, 0.1) is 20.6 Å². The van der Waals surface area contributed by atoms with Crippen LogP contribution >= 0.6 is 23.2 Å². The van der Waals surface area contributed by atoms with E-state index < -0.39 is 15.8 Å². The number of piperidine rings is 1. The molecule has 2 aromatic carbocycles. The van der Waals surface area contributed by atoms with Crippen LogP contribution in [0.5, 0.6) is 0 Å². The van der Waals surface area contributed by atoms with Crippen LogP contribution in [0.4, 0.5) is 15.8 Å². The van der Waals surface area contributed by atoms with Crippen molar-refractivity contribution in [2.45, 2.75) is 17.7 Å². The maximum absolute atomic E-state index is 13.3.